The summed E-state index contributed by atoms with van der Waals surface area (Å²) in [5, 5.41) is 5.14. The number of benzene rings is 2. The van der Waals surface area contributed by atoms with Crippen molar-refractivity contribution in [1.82, 2.24) is 24.5 Å². The van der Waals surface area contributed by atoms with Gasteiger partial charge >= 0.3 is 0 Å². The highest BCUT2D eigenvalue weighted by Gasteiger charge is 2.30. The van der Waals surface area contributed by atoms with Gasteiger partial charge < -0.3 is 9.80 Å². The number of aromatic nitrogens is 2. The van der Waals surface area contributed by atoms with Gasteiger partial charge in [-0.05, 0) is 23.3 Å². The maximum atomic E-state index is 13.1. The summed E-state index contributed by atoms with van der Waals surface area (Å²) in [6.45, 7) is 5.49. The standard InChI is InChI=1S/C25H26ClN5O2/c26-21-8-6-20(7-9-21)18-30-14-15-31-23(25(30)33)16-22(27-31)24(32)29-12-10-28(11-13-29)17-19-4-2-1-3-5-19/h1-9,16H,10-15,17-18H2. The topological polar surface area (TPSA) is 61.7 Å². The summed E-state index contributed by atoms with van der Waals surface area (Å²) in [7, 11) is 0. The van der Waals surface area contributed by atoms with Gasteiger partial charge in [-0.15, -0.1) is 0 Å². The van der Waals surface area contributed by atoms with Crippen molar-refractivity contribution in [1.29, 1.82) is 0 Å². The van der Waals surface area contributed by atoms with Crippen molar-refractivity contribution in [3.05, 3.63) is 88.2 Å². The van der Waals surface area contributed by atoms with Gasteiger partial charge in [0.25, 0.3) is 11.8 Å². The molecule has 2 amide bonds. The first-order valence-corrected chi connectivity index (χ1v) is 11.6. The molecule has 0 N–H and O–H groups in total. The van der Waals surface area contributed by atoms with Crippen molar-refractivity contribution in [2.45, 2.75) is 19.6 Å². The maximum Gasteiger partial charge on any atom is 0.274 e. The lowest BCUT2D eigenvalue weighted by Crippen LogP contribution is -2.48. The van der Waals surface area contributed by atoms with Crippen LogP contribution in [0.3, 0.4) is 0 Å². The van der Waals surface area contributed by atoms with Crippen LogP contribution in [-0.2, 0) is 19.6 Å². The van der Waals surface area contributed by atoms with Gasteiger partial charge in [-0.2, -0.15) is 5.10 Å². The van der Waals surface area contributed by atoms with Gasteiger partial charge in [0.2, 0.25) is 0 Å². The van der Waals surface area contributed by atoms with Crippen molar-refractivity contribution in [3.8, 4) is 0 Å². The first-order chi connectivity index (χ1) is 16.1. The first kappa shape index (κ1) is 21.7. The van der Waals surface area contributed by atoms with Crippen LogP contribution in [0.1, 0.15) is 32.1 Å². The molecule has 2 aliphatic heterocycles. The molecule has 3 aromatic rings. The fourth-order valence-corrected chi connectivity index (χ4v) is 4.54. The Morgan fingerprint density at radius 2 is 1.55 bits per heavy atom. The SMILES string of the molecule is O=C(c1cc2n(n1)CCN(Cc1ccc(Cl)cc1)C2=O)N1CCN(Cc2ccccc2)CC1. The lowest BCUT2D eigenvalue weighted by Gasteiger charge is -2.34. The molecule has 0 aliphatic carbocycles. The Balaban J connectivity index is 1.21. The quantitative estimate of drug-likeness (QED) is 0.583. The average molecular weight is 464 g/mol. The third-order valence-corrected chi connectivity index (χ3v) is 6.53. The number of rotatable bonds is 5. The summed E-state index contributed by atoms with van der Waals surface area (Å²) in [5.41, 5.74) is 3.12. The third-order valence-electron chi connectivity index (χ3n) is 6.28. The van der Waals surface area contributed by atoms with E-state index in [4.69, 9.17) is 11.6 Å². The zero-order chi connectivity index (χ0) is 22.8. The Hall–Kier alpha value is -3.16. The number of piperazine rings is 1. The van der Waals surface area contributed by atoms with Gasteiger partial charge in [0.1, 0.15) is 5.69 Å². The van der Waals surface area contributed by atoms with Crippen LogP contribution in [0.4, 0.5) is 0 Å². The summed E-state index contributed by atoms with van der Waals surface area (Å²) in [6.07, 6.45) is 0. The van der Waals surface area contributed by atoms with Gasteiger partial charge in [-0.3, -0.25) is 19.2 Å². The third kappa shape index (κ3) is 4.79. The van der Waals surface area contributed by atoms with Gasteiger partial charge in [-0.1, -0.05) is 54.1 Å². The van der Waals surface area contributed by atoms with E-state index in [0.29, 0.717) is 49.1 Å². The normalized spacial score (nSPS) is 16.7. The molecule has 7 nitrogen and oxygen atoms in total. The zero-order valence-corrected chi connectivity index (χ0v) is 19.1. The molecule has 0 bridgehead atoms. The molecule has 0 unspecified atom stereocenters. The minimum atomic E-state index is -0.103. The van der Waals surface area contributed by atoms with Crippen LogP contribution in [0.15, 0.2) is 60.7 Å². The molecule has 3 heterocycles. The fourth-order valence-electron chi connectivity index (χ4n) is 4.42. The van der Waals surface area contributed by atoms with Crippen molar-refractivity contribution in [2.75, 3.05) is 32.7 Å². The van der Waals surface area contributed by atoms with Gasteiger partial charge in [0.15, 0.2) is 5.69 Å². The monoisotopic (exact) mass is 463 g/mol. The summed E-state index contributed by atoms with van der Waals surface area (Å²) >= 11 is 5.96. The number of amides is 2. The molecule has 0 spiro atoms. The van der Waals surface area contributed by atoms with E-state index in [-0.39, 0.29) is 11.8 Å². The second-order valence-corrected chi connectivity index (χ2v) is 8.98. The van der Waals surface area contributed by atoms with Crippen LogP contribution in [0.5, 0.6) is 0 Å². The van der Waals surface area contributed by atoms with Crippen molar-refractivity contribution in [3.63, 3.8) is 0 Å². The number of hydrogen-bond acceptors (Lipinski definition) is 4. The van der Waals surface area contributed by atoms with Crippen molar-refractivity contribution < 1.29 is 9.59 Å². The van der Waals surface area contributed by atoms with Crippen LogP contribution in [0, 0.1) is 0 Å². The summed E-state index contributed by atoms with van der Waals surface area (Å²) in [4.78, 5) is 32.1. The highest BCUT2D eigenvalue weighted by atomic mass is 35.5. The number of carbonyl (C=O) groups is 2. The second kappa shape index (κ2) is 9.37. The molecule has 5 rings (SSSR count). The van der Waals surface area contributed by atoms with Crippen LogP contribution in [0.25, 0.3) is 0 Å². The fraction of sp³-hybridized carbons (Fsp3) is 0.320. The average Bonchev–Trinajstić information content (AvgIpc) is 3.28. The molecule has 0 atom stereocenters. The molecule has 8 heteroatoms. The number of fused-ring (bicyclic) bond motifs is 1. The predicted molar refractivity (Wildman–Crippen MR) is 126 cm³/mol. The van der Waals surface area contributed by atoms with E-state index >= 15 is 0 Å². The molecule has 1 fully saturated rings. The van der Waals surface area contributed by atoms with Crippen molar-refractivity contribution >= 4 is 23.4 Å². The first-order valence-electron chi connectivity index (χ1n) is 11.2. The number of nitrogens with zero attached hydrogens (tertiary/aromatic N) is 5. The predicted octanol–water partition coefficient (Wildman–Crippen LogP) is 3.15. The zero-order valence-electron chi connectivity index (χ0n) is 18.4. The van der Waals surface area contributed by atoms with Crippen molar-refractivity contribution in [2.24, 2.45) is 0 Å². The molecule has 2 aliphatic rings. The van der Waals surface area contributed by atoms with E-state index in [1.807, 2.05) is 47.4 Å². The van der Waals surface area contributed by atoms with Crippen LogP contribution < -0.4 is 0 Å². The Morgan fingerprint density at radius 1 is 0.848 bits per heavy atom. The van der Waals surface area contributed by atoms with E-state index in [1.54, 1.807) is 15.6 Å². The highest BCUT2D eigenvalue weighted by Crippen LogP contribution is 2.19. The second-order valence-electron chi connectivity index (χ2n) is 8.55. The maximum absolute atomic E-state index is 13.1. The molecule has 0 saturated carbocycles. The van der Waals surface area contributed by atoms with Crippen LogP contribution in [0.2, 0.25) is 5.02 Å². The summed E-state index contributed by atoms with van der Waals surface area (Å²) < 4.78 is 1.67. The smallest absolute Gasteiger partial charge is 0.274 e. The molecule has 1 aromatic heterocycles. The lowest BCUT2D eigenvalue weighted by atomic mass is 10.2. The molecule has 0 radical (unpaired) electrons. The Kier molecular flexibility index (Phi) is 6.15. The highest BCUT2D eigenvalue weighted by molar-refractivity contribution is 6.30. The number of halogens is 1. The summed E-state index contributed by atoms with van der Waals surface area (Å²) in [5.74, 6) is -0.205. The van der Waals surface area contributed by atoms with Crippen LogP contribution >= 0.6 is 11.6 Å². The molecule has 170 valence electrons. The molecule has 1 saturated heterocycles. The van der Waals surface area contributed by atoms with E-state index < -0.39 is 0 Å². The Bertz CT molecular complexity index is 1140. The van der Waals surface area contributed by atoms with E-state index in [1.165, 1.54) is 5.56 Å². The minimum Gasteiger partial charge on any atom is -0.335 e. The van der Waals surface area contributed by atoms with E-state index in [0.717, 1.165) is 25.2 Å². The molecule has 2 aromatic carbocycles. The van der Waals surface area contributed by atoms with Gasteiger partial charge in [0, 0.05) is 56.9 Å². The molecular formula is C25H26ClN5O2. The molecular weight excluding hydrogens is 438 g/mol. The Morgan fingerprint density at radius 3 is 2.27 bits per heavy atom. The number of hydrogen-bond donors (Lipinski definition) is 0. The van der Waals surface area contributed by atoms with Crippen LogP contribution in [-0.4, -0.2) is 69.0 Å². The Labute approximate surface area is 198 Å². The van der Waals surface area contributed by atoms with E-state index in [2.05, 4.69) is 22.1 Å². The van der Waals surface area contributed by atoms with E-state index in [9.17, 15) is 9.59 Å². The van der Waals surface area contributed by atoms with Gasteiger partial charge in [0.05, 0.1) is 6.54 Å². The number of carbonyl (C=O) groups excluding carboxylic acids is 2. The molecule has 33 heavy (non-hydrogen) atoms. The lowest BCUT2D eigenvalue weighted by molar-refractivity contribution is 0.0619. The van der Waals surface area contributed by atoms with Gasteiger partial charge in [-0.25, -0.2) is 0 Å². The summed E-state index contributed by atoms with van der Waals surface area (Å²) in [6, 6.07) is 19.5. The largest absolute Gasteiger partial charge is 0.335 e. The minimum absolute atomic E-state index is 0.101.